The van der Waals surface area contributed by atoms with Crippen LogP contribution in [-0.2, 0) is 6.54 Å². The number of nitrogens with one attached hydrogen (secondary N) is 2. The van der Waals surface area contributed by atoms with Crippen LogP contribution in [0.5, 0.6) is 0 Å². The van der Waals surface area contributed by atoms with Gasteiger partial charge in [-0.05, 0) is 18.1 Å². The third-order valence-electron chi connectivity index (χ3n) is 1.99. The van der Waals surface area contributed by atoms with Crippen molar-refractivity contribution in [3.05, 3.63) is 34.9 Å². The van der Waals surface area contributed by atoms with Gasteiger partial charge in [-0.3, -0.25) is 0 Å². The molecule has 0 aliphatic carbocycles. The van der Waals surface area contributed by atoms with E-state index in [1.54, 1.807) is 6.07 Å². The maximum Gasteiger partial charge on any atom is 0.315 e. The zero-order chi connectivity index (χ0) is 11.8. The summed E-state index contributed by atoms with van der Waals surface area (Å²) in [6, 6.07) is 7.21. The highest BCUT2D eigenvalue weighted by Crippen LogP contribution is 2.13. The second-order valence-electron chi connectivity index (χ2n) is 3.24. The van der Waals surface area contributed by atoms with E-state index in [9.17, 15) is 4.79 Å². The fraction of sp³-hybridized carbons (Fsp3) is 0.364. The Labute approximate surface area is 105 Å². The molecule has 16 heavy (non-hydrogen) atoms. The van der Waals surface area contributed by atoms with Crippen molar-refractivity contribution in [3.8, 4) is 0 Å². The first-order chi connectivity index (χ1) is 7.74. The number of urea groups is 1. The number of hydrogen-bond donors (Lipinski definition) is 2. The van der Waals surface area contributed by atoms with Crippen molar-refractivity contribution in [1.29, 1.82) is 0 Å². The predicted molar refractivity (Wildman–Crippen MR) is 67.0 cm³/mol. The van der Waals surface area contributed by atoms with Gasteiger partial charge in [-0.2, -0.15) is 0 Å². The van der Waals surface area contributed by atoms with E-state index in [0.29, 0.717) is 24.0 Å². The van der Waals surface area contributed by atoms with Crippen LogP contribution in [0.4, 0.5) is 4.79 Å². The van der Waals surface area contributed by atoms with E-state index in [0.717, 1.165) is 12.0 Å². The average Bonchev–Trinajstić information content (AvgIpc) is 2.28. The Hall–Kier alpha value is -0.930. The molecule has 0 saturated heterocycles. The zero-order valence-corrected chi connectivity index (χ0v) is 10.3. The first-order valence-corrected chi connectivity index (χ1v) is 5.96. The van der Waals surface area contributed by atoms with Gasteiger partial charge in [0.25, 0.3) is 0 Å². The van der Waals surface area contributed by atoms with Crippen LogP contribution in [0.15, 0.2) is 24.3 Å². The molecule has 1 aromatic carbocycles. The van der Waals surface area contributed by atoms with Crippen LogP contribution in [0.25, 0.3) is 0 Å². The minimum Gasteiger partial charge on any atom is -0.338 e. The van der Waals surface area contributed by atoms with Crippen LogP contribution in [0, 0.1) is 0 Å². The molecule has 0 radical (unpaired) electrons. The van der Waals surface area contributed by atoms with Crippen LogP contribution >= 0.6 is 23.2 Å². The average molecular weight is 261 g/mol. The minimum absolute atomic E-state index is 0.204. The monoisotopic (exact) mass is 260 g/mol. The summed E-state index contributed by atoms with van der Waals surface area (Å²) in [4.78, 5) is 11.3. The number of rotatable bonds is 5. The van der Waals surface area contributed by atoms with Crippen LogP contribution in [0.3, 0.4) is 0 Å². The number of amides is 2. The molecule has 0 aromatic heterocycles. The van der Waals surface area contributed by atoms with Gasteiger partial charge < -0.3 is 10.6 Å². The minimum atomic E-state index is -0.204. The van der Waals surface area contributed by atoms with Crippen LogP contribution < -0.4 is 10.6 Å². The fourth-order valence-corrected chi connectivity index (χ4v) is 1.48. The van der Waals surface area contributed by atoms with Gasteiger partial charge in [0.1, 0.15) is 0 Å². The molecule has 1 rings (SSSR count). The number of halogens is 2. The molecule has 0 atom stereocenters. The fourth-order valence-electron chi connectivity index (χ4n) is 1.15. The Morgan fingerprint density at radius 3 is 2.69 bits per heavy atom. The molecule has 0 spiro atoms. The summed E-state index contributed by atoms with van der Waals surface area (Å²) in [6.45, 7) is 1.00. The van der Waals surface area contributed by atoms with Crippen LogP contribution in [0.2, 0.25) is 5.02 Å². The molecule has 0 aliphatic heterocycles. The summed E-state index contributed by atoms with van der Waals surface area (Å²) in [6.07, 6.45) is 0.765. The topological polar surface area (TPSA) is 41.1 Å². The molecule has 1 aromatic rings. The Kier molecular flexibility index (Phi) is 6.04. The molecule has 0 bridgehead atoms. The molecular formula is C11H14Cl2N2O. The van der Waals surface area contributed by atoms with Crippen molar-refractivity contribution in [3.63, 3.8) is 0 Å². The maximum atomic E-state index is 11.3. The Balaban J connectivity index is 2.29. The zero-order valence-electron chi connectivity index (χ0n) is 8.80. The largest absolute Gasteiger partial charge is 0.338 e. The number of benzene rings is 1. The van der Waals surface area contributed by atoms with Crippen molar-refractivity contribution in [2.45, 2.75) is 13.0 Å². The standard InChI is InChI=1S/C11H14Cl2N2O/c12-6-3-7-14-11(16)15-8-9-4-1-2-5-10(9)13/h1-2,4-5H,3,6-8H2,(H2,14,15,16). The van der Waals surface area contributed by atoms with Gasteiger partial charge in [-0.15, -0.1) is 11.6 Å². The lowest BCUT2D eigenvalue weighted by molar-refractivity contribution is 0.240. The van der Waals surface area contributed by atoms with Crippen molar-refractivity contribution < 1.29 is 4.79 Å². The summed E-state index contributed by atoms with van der Waals surface area (Å²) in [5, 5.41) is 6.07. The highest BCUT2D eigenvalue weighted by Gasteiger charge is 2.01. The van der Waals surface area contributed by atoms with Gasteiger partial charge in [0.15, 0.2) is 0 Å². The first-order valence-electron chi connectivity index (χ1n) is 5.05. The lowest BCUT2D eigenvalue weighted by Gasteiger charge is -2.07. The van der Waals surface area contributed by atoms with E-state index < -0.39 is 0 Å². The van der Waals surface area contributed by atoms with E-state index in [1.807, 2.05) is 18.2 Å². The number of alkyl halides is 1. The smallest absolute Gasteiger partial charge is 0.315 e. The Morgan fingerprint density at radius 1 is 1.25 bits per heavy atom. The van der Waals surface area contributed by atoms with Crippen molar-refractivity contribution in [2.24, 2.45) is 0 Å². The third kappa shape index (κ3) is 4.73. The van der Waals surface area contributed by atoms with Crippen molar-refractivity contribution in [2.75, 3.05) is 12.4 Å². The molecule has 0 aliphatic rings. The Morgan fingerprint density at radius 2 is 2.00 bits per heavy atom. The van der Waals surface area contributed by atoms with E-state index in [-0.39, 0.29) is 6.03 Å². The van der Waals surface area contributed by atoms with E-state index in [1.165, 1.54) is 0 Å². The molecule has 0 heterocycles. The van der Waals surface area contributed by atoms with Gasteiger partial charge >= 0.3 is 6.03 Å². The van der Waals surface area contributed by atoms with Gasteiger partial charge in [0.05, 0.1) is 0 Å². The molecular weight excluding hydrogens is 247 g/mol. The van der Waals surface area contributed by atoms with E-state index >= 15 is 0 Å². The lowest BCUT2D eigenvalue weighted by atomic mass is 10.2. The predicted octanol–water partition coefficient (Wildman–Crippen LogP) is 2.77. The van der Waals surface area contributed by atoms with Crippen LogP contribution in [0.1, 0.15) is 12.0 Å². The molecule has 2 N–H and O–H groups in total. The van der Waals surface area contributed by atoms with Gasteiger partial charge in [0, 0.05) is 24.0 Å². The Bertz CT molecular complexity index is 345. The van der Waals surface area contributed by atoms with Gasteiger partial charge in [0.2, 0.25) is 0 Å². The summed E-state index contributed by atoms with van der Waals surface area (Å²) in [5.74, 6) is 0.546. The SMILES string of the molecule is O=C(NCCCCl)NCc1ccccc1Cl. The number of carbonyl (C=O) groups excluding carboxylic acids is 1. The summed E-state index contributed by atoms with van der Waals surface area (Å²) in [5.41, 5.74) is 0.900. The second-order valence-corrected chi connectivity index (χ2v) is 4.03. The number of hydrogen-bond acceptors (Lipinski definition) is 1. The molecule has 2 amide bonds. The molecule has 88 valence electrons. The summed E-state index contributed by atoms with van der Waals surface area (Å²) < 4.78 is 0. The van der Waals surface area contributed by atoms with Crippen LogP contribution in [-0.4, -0.2) is 18.5 Å². The number of carbonyl (C=O) groups is 1. The molecule has 3 nitrogen and oxygen atoms in total. The molecule has 0 fully saturated rings. The molecule has 0 saturated carbocycles. The second kappa shape index (κ2) is 7.36. The van der Waals surface area contributed by atoms with Crippen molar-refractivity contribution >= 4 is 29.2 Å². The first kappa shape index (κ1) is 13.1. The van der Waals surface area contributed by atoms with Gasteiger partial charge in [-0.25, -0.2) is 4.79 Å². The summed E-state index contributed by atoms with van der Waals surface area (Å²) >= 11 is 11.4. The highest BCUT2D eigenvalue weighted by molar-refractivity contribution is 6.31. The molecule has 5 heteroatoms. The van der Waals surface area contributed by atoms with Gasteiger partial charge in [-0.1, -0.05) is 29.8 Å². The normalized spacial score (nSPS) is 9.88. The lowest BCUT2D eigenvalue weighted by Crippen LogP contribution is -2.35. The highest BCUT2D eigenvalue weighted by atomic mass is 35.5. The van der Waals surface area contributed by atoms with E-state index in [4.69, 9.17) is 23.2 Å². The maximum absolute atomic E-state index is 11.3. The van der Waals surface area contributed by atoms with E-state index in [2.05, 4.69) is 10.6 Å². The molecule has 0 unspecified atom stereocenters. The van der Waals surface area contributed by atoms with Crippen molar-refractivity contribution in [1.82, 2.24) is 10.6 Å². The summed E-state index contributed by atoms with van der Waals surface area (Å²) in [7, 11) is 0. The quantitative estimate of drug-likeness (QED) is 0.621. The third-order valence-corrected chi connectivity index (χ3v) is 2.63.